The summed E-state index contributed by atoms with van der Waals surface area (Å²) in [7, 11) is 2.15. The van der Waals surface area contributed by atoms with Crippen LogP contribution in [-0.2, 0) is 0 Å². The van der Waals surface area contributed by atoms with Gasteiger partial charge in [0.15, 0.2) is 0 Å². The van der Waals surface area contributed by atoms with Crippen molar-refractivity contribution in [1.29, 1.82) is 0 Å². The second-order valence-electron chi connectivity index (χ2n) is 6.60. The lowest BCUT2D eigenvalue weighted by molar-refractivity contribution is 0.126. The van der Waals surface area contributed by atoms with Crippen molar-refractivity contribution in [3.8, 4) is 5.75 Å². The highest BCUT2D eigenvalue weighted by Gasteiger charge is 2.28. The first kappa shape index (κ1) is 16.0. The topological polar surface area (TPSA) is 52.5 Å². The van der Waals surface area contributed by atoms with Crippen LogP contribution >= 0.6 is 0 Å². The minimum absolute atomic E-state index is 0.00288. The SMILES string of the molecule is CN1CCN(C(c2ccncc2)c2ccc3cccnc3c2O)CC1. The Bertz CT molecular complexity index is 860. The lowest BCUT2D eigenvalue weighted by atomic mass is 9.95. The number of nitrogens with zero attached hydrogens (tertiary/aromatic N) is 4. The molecule has 1 saturated heterocycles. The van der Waals surface area contributed by atoms with Crippen molar-refractivity contribution in [1.82, 2.24) is 19.8 Å². The van der Waals surface area contributed by atoms with E-state index in [2.05, 4.69) is 26.8 Å². The number of phenolic OH excluding ortho intramolecular Hbond substituents is 1. The molecule has 0 saturated carbocycles. The number of hydrogen-bond acceptors (Lipinski definition) is 5. The molecule has 1 aliphatic heterocycles. The number of pyridine rings is 2. The number of benzene rings is 1. The first-order valence-electron chi connectivity index (χ1n) is 8.63. The normalized spacial score (nSPS) is 17.6. The van der Waals surface area contributed by atoms with Crippen molar-refractivity contribution in [2.75, 3.05) is 33.2 Å². The Labute approximate surface area is 147 Å². The second-order valence-corrected chi connectivity index (χ2v) is 6.60. The van der Waals surface area contributed by atoms with Crippen LogP contribution in [0.4, 0.5) is 0 Å². The number of phenols is 1. The van der Waals surface area contributed by atoms with Gasteiger partial charge in [-0.2, -0.15) is 0 Å². The molecule has 1 aliphatic rings. The smallest absolute Gasteiger partial charge is 0.146 e. The summed E-state index contributed by atoms with van der Waals surface area (Å²) < 4.78 is 0. The Kier molecular flexibility index (Phi) is 4.34. The molecule has 3 aromatic rings. The van der Waals surface area contributed by atoms with Gasteiger partial charge in [-0.25, -0.2) is 0 Å². The first-order valence-corrected chi connectivity index (χ1v) is 8.63. The summed E-state index contributed by atoms with van der Waals surface area (Å²) >= 11 is 0. The van der Waals surface area contributed by atoms with E-state index in [1.54, 1.807) is 6.20 Å². The molecule has 0 bridgehead atoms. The molecule has 0 aliphatic carbocycles. The molecule has 0 amide bonds. The van der Waals surface area contributed by atoms with Crippen molar-refractivity contribution < 1.29 is 5.11 Å². The third-order valence-corrected chi connectivity index (χ3v) is 5.00. The quantitative estimate of drug-likeness (QED) is 0.798. The van der Waals surface area contributed by atoms with Crippen LogP contribution in [0, 0.1) is 0 Å². The van der Waals surface area contributed by atoms with Gasteiger partial charge < -0.3 is 10.0 Å². The van der Waals surface area contributed by atoms with Crippen molar-refractivity contribution in [3.63, 3.8) is 0 Å². The highest BCUT2D eigenvalue weighted by Crippen LogP contribution is 2.37. The predicted molar refractivity (Wildman–Crippen MR) is 98.6 cm³/mol. The Morgan fingerprint density at radius 2 is 1.72 bits per heavy atom. The van der Waals surface area contributed by atoms with Gasteiger partial charge in [0.25, 0.3) is 0 Å². The first-order chi connectivity index (χ1) is 12.2. The van der Waals surface area contributed by atoms with E-state index in [1.807, 2.05) is 48.8 Å². The van der Waals surface area contributed by atoms with Crippen LogP contribution < -0.4 is 0 Å². The summed E-state index contributed by atoms with van der Waals surface area (Å²) in [6.07, 6.45) is 5.35. The van der Waals surface area contributed by atoms with E-state index in [0.717, 1.165) is 42.7 Å². The van der Waals surface area contributed by atoms with Crippen LogP contribution in [0.1, 0.15) is 17.2 Å². The molecule has 2 aromatic heterocycles. The van der Waals surface area contributed by atoms with Gasteiger partial charge >= 0.3 is 0 Å². The molecular formula is C20H22N4O. The molecule has 5 heteroatoms. The lowest BCUT2D eigenvalue weighted by Crippen LogP contribution is -2.46. The Morgan fingerprint density at radius 3 is 2.48 bits per heavy atom. The fraction of sp³-hybridized carbons (Fsp3) is 0.300. The van der Waals surface area contributed by atoms with Gasteiger partial charge in [-0.05, 0) is 30.8 Å². The van der Waals surface area contributed by atoms with Gasteiger partial charge in [-0.1, -0.05) is 18.2 Å². The zero-order chi connectivity index (χ0) is 17.2. The average Bonchev–Trinajstić information content (AvgIpc) is 2.66. The molecule has 128 valence electrons. The highest BCUT2D eigenvalue weighted by atomic mass is 16.3. The summed E-state index contributed by atoms with van der Waals surface area (Å²) in [6.45, 7) is 3.97. The molecule has 25 heavy (non-hydrogen) atoms. The standard InChI is InChI=1S/C20H22N4O/c1-23-11-13-24(14-12-23)19(16-6-9-21-10-7-16)17-5-4-15-3-2-8-22-18(15)20(17)25/h2-10,19,25H,11-14H2,1H3. The molecule has 0 spiro atoms. The summed E-state index contributed by atoms with van der Waals surface area (Å²) in [5.41, 5.74) is 2.71. The second kappa shape index (κ2) is 6.78. The maximum atomic E-state index is 10.9. The molecular weight excluding hydrogens is 312 g/mol. The van der Waals surface area contributed by atoms with Crippen molar-refractivity contribution in [3.05, 3.63) is 66.1 Å². The van der Waals surface area contributed by atoms with Crippen LogP contribution in [0.15, 0.2) is 55.0 Å². The molecule has 1 aromatic carbocycles. The fourth-order valence-corrected chi connectivity index (χ4v) is 3.58. The van der Waals surface area contributed by atoms with Gasteiger partial charge in [0.05, 0.1) is 6.04 Å². The maximum Gasteiger partial charge on any atom is 0.146 e. The highest BCUT2D eigenvalue weighted by molar-refractivity contribution is 5.85. The number of piperazine rings is 1. The average molecular weight is 334 g/mol. The number of likely N-dealkylation sites (N-methyl/N-ethyl adjacent to an activating group) is 1. The monoisotopic (exact) mass is 334 g/mol. The van der Waals surface area contributed by atoms with E-state index in [-0.39, 0.29) is 11.8 Å². The van der Waals surface area contributed by atoms with E-state index < -0.39 is 0 Å². The Morgan fingerprint density at radius 1 is 0.960 bits per heavy atom. The Hall–Kier alpha value is -2.50. The number of rotatable bonds is 3. The summed E-state index contributed by atoms with van der Waals surface area (Å²) in [4.78, 5) is 13.3. The van der Waals surface area contributed by atoms with Crippen molar-refractivity contribution in [2.45, 2.75) is 6.04 Å². The molecule has 1 unspecified atom stereocenters. The van der Waals surface area contributed by atoms with E-state index in [4.69, 9.17) is 0 Å². The summed E-state index contributed by atoms with van der Waals surface area (Å²) in [5.74, 6) is 0.277. The zero-order valence-corrected chi connectivity index (χ0v) is 14.3. The minimum Gasteiger partial charge on any atom is -0.505 e. The summed E-state index contributed by atoms with van der Waals surface area (Å²) in [5, 5.41) is 11.9. The van der Waals surface area contributed by atoms with Gasteiger partial charge in [-0.3, -0.25) is 14.9 Å². The minimum atomic E-state index is 0.00288. The van der Waals surface area contributed by atoms with Crippen LogP contribution in [0.5, 0.6) is 5.75 Å². The van der Waals surface area contributed by atoms with Crippen LogP contribution in [-0.4, -0.2) is 58.1 Å². The zero-order valence-electron chi connectivity index (χ0n) is 14.3. The molecule has 3 heterocycles. The lowest BCUT2D eigenvalue weighted by Gasteiger charge is -2.38. The molecule has 4 rings (SSSR count). The van der Waals surface area contributed by atoms with Gasteiger partial charge in [0.1, 0.15) is 11.3 Å². The molecule has 1 atom stereocenters. The molecule has 1 N–H and O–H groups in total. The summed E-state index contributed by atoms with van der Waals surface area (Å²) in [6, 6.07) is 12.0. The van der Waals surface area contributed by atoms with Crippen molar-refractivity contribution in [2.24, 2.45) is 0 Å². The van der Waals surface area contributed by atoms with E-state index in [1.165, 1.54) is 0 Å². The number of aromatic nitrogens is 2. The molecule has 1 fully saturated rings. The molecule has 5 nitrogen and oxygen atoms in total. The van der Waals surface area contributed by atoms with Gasteiger partial charge in [0, 0.05) is 55.7 Å². The third-order valence-electron chi connectivity index (χ3n) is 5.00. The number of aromatic hydroxyl groups is 1. The van der Waals surface area contributed by atoms with Crippen LogP contribution in [0.2, 0.25) is 0 Å². The predicted octanol–water partition coefficient (Wildman–Crippen LogP) is 2.67. The molecule has 0 radical (unpaired) electrons. The van der Waals surface area contributed by atoms with E-state index >= 15 is 0 Å². The number of hydrogen-bond donors (Lipinski definition) is 1. The third kappa shape index (κ3) is 3.08. The van der Waals surface area contributed by atoms with Crippen LogP contribution in [0.25, 0.3) is 10.9 Å². The van der Waals surface area contributed by atoms with Crippen molar-refractivity contribution >= 4 is 10.9 Å². The largest absolute Gasteiger partial charge is 0.505 e. The van der Waals surface area contributed by atoms with Crippen LogP contribution in [0.3, 0.4) is 0 Å². The maximum absolute atomic E-state index is 10.9. The number of fused-ring (bicyclic) bond motifs is 1. The van der Waals surface area contributed by atoms with Gasteiger partial charge in [0.2, 0.25) is 0 Å². The van der Waals surface area contributed by atoms with E-state index in [0.29, 0.717) is 5.52 Å². The fourth-order valence-electron chi connectivity index (χ4n) is 3.58. The van der Waals surface area contributed by atoms with E-state index in [9.17, 15) is 5.11 Å². The Balaban J connectivity index is 1.82. The van der Waals surface area contributed by atoms with Gasteiger partial charge in [-0.15, -0.1) is 0 Å².